The summed E-state index contributed by atoms with van der Waals surface area (Å²) in [6, 6.07) is 6.40. The highest BCUT2D eigenvalue weighted by Gasteiger charge is 2.42. The lowest BCUT2D eigenvalue weighted by Gasteiger charge is -2.40. The predicted molar refractivity (Wildman–Crippen MR) is 107 cm³/mol. The van der Waals surface area contributed by atoms with Crippen molar-refractivity contribution in [1.29, 1.82) is 0 Å². The summed E-state index contributed by atoms with van der Waals surface area (Å²) >= 11 is 0. The molecule has 3 rings (SSSR count). The Morgan fingerprint density at radius 3 is 2.48 bits per heavy atom. The van der Waals surface area contributed by atoms with Crippen LogP contribution in [0.5, 0.6) is 11.5 Å². The number of piperazine rings is 1. The van der Waals surface area contributed by atoms with E-state index in [0.717, 1.165) is 0 Å². The van der Waals surface area contributed by atoms with Gasteiger partial charge in [-0.25, -0.2) is 0 Å². The lowest BCUT2D eigenvalue weighted by molar-refractivity contribution is -0.157. The molecule has 8 nitrogen and oxygen atoms in total. The van der Waals surface area contributed by atoms with Gasteiger partial charge in [-0.3, -0.25) is 14.4 Å². The summed E-state index contributed by atoms with van der Waals surface area (Å²) in [7, 11) is 1.58. The van der Waals surface area contributed by atoms with Gasteiger partial charge in [0.1, 0.15) is 17.5 Å². The smallest absolute Gasteiger partial charge is 0.260 e. The number of fused-ring (bicyclic) bond motifs is 1. The van der Waals surface area contributed by atoms with Crippen molar-refractivity contribution >= 4 is 17.7 Å². The monoisotopic (exact) mass is 403 g/mol. The maximum absolute atomic E-state index is 13.0. The van der Waals surface area contributed by atoms with Gasteiger partial charge in [0.05, 0.1) is 20.2 Å². The molecule has 0 spiro atoms. The minimum Gasteiger partial charge on any atom is -0.497 e. The number of benzene rings is 1. The highest BCUT2D eigenvalue weighted by Crippen LogP contribution is 2.20. The third-order valence-electron chi connectivity index (χ3n) is 5.20. The summed E-state index contributed by atoms with van der Waals surface area (Å²) in [6.45, 7) is 5.80. The molecule has 3 amide bonds. The molecule has 1 aromatic rings. The quantitative estimate of drug-likeness (QED) is 0.708. The third kappa shape index (κ3) is 4.99. The zero-order chi connectivity index (χ0) is 21.0. The SMILES string of the molecule is COc1ccc(OCC(=O)N2CCCN3C(=O)CN(CC(C)C)C(=O)C3C2)cc1. The third-order valence-corrected chi connectivity index (χ3v) is 5.20. The van der Waals surface area contributed by atoms with Crippen molar-refractivity contribution in [1.82, 2.24) is 14.7 Å². The molecule has 0 radical (unpaired) electrons. The van der Waals surface area contributed by atoms with Gasteiger partial charge in [0.25, 0.3) is 5.91 Å². The van der Waals surface area contributed by atoms with Crippen LogP contribution >= 0.6 is 0 Å². The van der Waals surface area contributed by atoms with Crippen LogP contribution in [-0.4, -0.2) is 84.9 Å². The van der Waals surface area contributed by atoms with Gasteiger partial charge >= 0.3 is 0 Å². The van der Waals surface area contributed by atoms with Crippen LogP contribution < -0.4 is 9.47 Å². The lowest BCUT2D eigenvalue weighted by Crippen LogP contribution is -2.62. The largest absolute Gasteiger partial charge is 0.497 e. The summed E-state index contributed by atoms with van der Waals surface area (Å²) in [5.41, 5.74) is 0. The zero-order valence-corrected chi connectivity index (χ0v) is 17.3. The first-order valence-corrected chi connectivity index (χ1v) is 10.0. The molecule has 0 saturated carbocycles. The molecule has 2 heterocycles. The molecular formula is C21H29N3O5. The fourth-order valence-corrected chi connectivity index (χ4v) is 3.77. The van der Waals surface area contributed by atoms with Gasteiger partial charge in [0, 0.05) is 19.6 Å². The Morgan fingerprint density at radius 1 is 1.14 bits per heavy atom. The highest BCUT2D eigenvalue weighted by molar-refractivity contribution is 5.95. The number of rotatable bonds is 6. The van der Waals surface area contributed by atoms with Crippen LogP contribution in [0, 0.1) is 5.92 Å². The normalized spacial score (nSPS) is 19.9. The highest BCUT2D eigenvalue weighted by atomic mass is 16.5. The second kappa shape index (κ2) is 9.15. The standard InChI is InChI=1S/C21H29N3O5/c1-15(2)11-23-13-19(25)24-10-4-9-22(12-18(24)21(23)27)20(26)14-29-17-7-5-16(28-3)6-8-17/h5-8,15,18H,4,9-14H2,1-3H3. The first-order chi connectivity index (χ1) is 13.9. The summed E-state index contributed by atoms with van der Waals surface area (Å²) in [5, 5.41) is 0. The van der Waals surface area contributed by atoms with Gasteiger partial charge in [-0.1, -0.05) is 13.8 Å². The van der Waals surface area contributed by atoms with E-state index in [1.165, 1.54) is 0 Å². The average Bonchev–Trinajstić information content (AvgIpc) is 2.94. The number of hydrogen-bond donors (Lipinski definition) is 0. The average molecular weight is 403 g/mol. The first kappa shape index (κ1) is 21.0. The molecule has 1 atom stereocenters. The first-order valence-electron chi connectivity index (χ1n) is 10.0. The Kier molecular flexibility index (Phi) is 6.61. The number of hydrogen-bond acceptors (Lipinski definition) is 5. The molecule has 0 bridgehead atoms. The van der Waals surface area contributed by atoms with Crippen LogP contribution in [-0.2, 0) is 14.4 Å². The van der Waals surface area contributed by atoms with Crippen LogP contribution in [0.15, 0.2) is 24.3 Å². The zero-order valence-electron chi connectivity index (χ0n) is 17.3. The number of carbonyl (C=O) groups is 3. The molecule has 0 aliphatic carbocycles. The molecule has 2 fully saturated rings. The van der Waals surface area contributed by atoms with Crippen LogP contribution in [0.2, 0.25) is 0 Å². The molecule has 1 unspecified atom stereocenters. The number of ether oxygens (including phenoxy) is 2. The summed E-state index contributed by atoms with van der Waals surface area (Å²) in [4.78, 5) is 43.1. The molecule has 2 aliphatic rings. The minimum absolute atomic E-state index is 0.0426. The Morgan fingerprint density at radius 2 is 1.83 bits per heavy atom. The maximum Gasteiger partial charge on any atom is 0.260 e. The molecule has 29 heavy (non-hydrogen) atoms. The summed E-state index contributed by atoms with van der Waals surface area (Å²) in [6.07, 6.45) is 0.647. The van der Waals surface area contributed by atoms with Crippen molar-refractivity contribution < 1.29 is 23.9 Å². The molecule has 158 valence electrons. The number of nitrogens with zero attached hydrogens (tertiary/aromatic N) is 3. The van der Waals surface area contributed by atoms with Crippen molar-refractivity contribution in [3.05, 3.63) is 24.3 Å². The Hall–Kier alpha value is -2.77. The van der Waals surface area contributed by atoms with Gasteiger partial charge < -0.3 is 24.2 Å². The number of amides is 3. The van der Waals surface area contributed by atoms with Gasteiger partial charge in [-0.2, -0.15) is 0 Å². The van der Waals surface area contributed by atoms with E-state index in [-0.39, 0.29) is 43.3 Å². The van der Waals surface area contributed by atoms with E-state index in [2.05, 4.69) is 0 Å². The van der Waals surface area contributed by atoms with E-state index in [1.54, 1.807) is 46.1 Å². The maximum atomic E-state index is 13.0. The van der Waals surface area contributed by atoms with Gasteiger partial charge in [-0.15, -0.1) is 0 Å². The Bertz CT molecular complexity index is 749. The summed E-state index contributed by atoms with van der Waals surface area (Å²) in [5.74, 6) is 1.25. The van der Waals surface area contributed by atoms with Gasteiger partial charge in [-0.05, 0) is 36.6 Å². The van der Waals surface area contributed by atoms with Crippen LogP contribution in [0.4, 0.5) is 0 Å². The van der Waals surface area contributed by atoms with Crippen LogP contribution in [0.1, 0.15) is 20.3 Å². The molecule has 2 saturated heterocycles. The van der Waals surface area contributed by atoms with Crippen molar-refractivity contribution in [3.63, 3.8) is 0 Å². The molecule has 1 aromatic carbocycles. The molecule has 0 N–H and O–H groups in total. The van der Waals surface area contributed by atoms with E-state index in [9.17, 15) is 14.4 Å². The predicted octanol–water partition coefficient (Wildman–Crippen LogP) is 1.00. The number of methoxy groups -OCH3 is 1. The van der Waals surface area contributed by atoms with Crippen molar-refractivity contribution in [2.45, 2.75) is 26.3 Å². The van der Waals surface area contributed by atoms with E-state index < -0.39 is 6.04 Å². The minimum atomic E-state index is -0.609. The van der Waals surface area contributed by atoms with Crippen LogP contribution in [0.3, 0.4) is 0 Å². The van der Waals surface area contributed by atoms with Gasteiger partial charge in [0.15, 0.2) is 6.61 Å². The van der Waals surface area contributed by atoms with E-state index in [4.69, 9.17) is 9.47 Å². The van der Waals surface area contributed by atoms with E-state index in [1.807, 2.05) is 13.8 Å². The molecule has 8 heteroatoms. The topological polar surface area (TPSA) is 79.4 Å². The summed E-state index contributed by atoms with van der Waals surface area (Å²) < 4.78 is 10.7. The number of carbonyl (C=O) groups excluding carboxylic acids is 3. The van der Waals surface area contributed by atoms with E-state index in [0.29, 0.717) is 37.6 Å². The molecular weight excluding hydrogens is 374 g/mol. The fraction of sp³-hybridized carbons (Fsp3) is 0.571. The Balaban J connectivity index is 1.63. The second-order valence-corrected chi connectivity index (χ2v) is 7.87. The molecule has 2 aliphatic heterocycles. The molecule has 0 aromatic heterocycles. The fourth-order valence-electron chi connectivity index (χ4n) is 3.77. The van der Waals surface area contributed by atoms with Crippen molar-refractivity contribution in [3.8, 4) is 11.5 Å². The Labute approximate surface area is 171 Å². The van der Waals surface area contributed by atoms with E-state index >= 15 is 0 Å². The lowest BCUT2D eigenvalue weighted by atomic mass is 10.1. The van der Waals surface area contributed by atoms with Crippen LogP contribution in [0.25, 0.3) is 0 Å². The second-order valence-electron chi connectivity index (χ2n) is 7.87. The van der Waals surface area contributed by atoms with Crippen molar-refractivity contribution in [2.75, 3.05) is 46.4 Å². The van der Waals surface area contributed by atoms with Gasteiger partial charge in [0.2, 0.25) is 11.8 Å². The van der Waals surface area contributed by atoms with Crippen molar-refractivity contribution in [2.24, 2.45) is 5.92 Å².